The number of anilines is 1. The quantitative estimate of drug-likeness (QED) is 0.475. The monoisotopic (exact) mass is 360 g/mol. The van der Waals surface area contributed by atoms with Crippen molar-refractivity contribution < 1.29 is 4.74 Å². The number of hydrogen-bond donors (Lipinski definition) is 1. The van der Waals surface area contributed by atoms with E-state index in [9.17, 15) is 0 Å². The Morgan fingerprint density at radius 1 is 1.15 bits per heavy atom. The molecule has 26 heavy (non-hydrogen) atoms. The molecule has 0 amide bonds. The van der Waals surface area contributed by atoms with Crippen LogP contribution in [0.2, 0.25) is 0 Å². The van der Waals surface area contributed by atoms with Crippen LogP contribution in [0.1, 0.15) is 38.5 Å². The van der Waals surface area contributed by atoms with Crippen molar-refractivity contribution in [1.82, 2.24) is 20.2 Å². The van der Waals surface area contributed by atoms with E-state index in [0.29, 0.717) is 6.10 Å². The predicted molar refractivity (Wildman–Crippen MR) is 105 cm³/mol. The van der Waals surface area contributed by atoms with Gasteiger partial charge in [-0.25, -0.2) is 9.97 Å². The van der Waals surface area contributed by atoms with Crippen molar-refractivity contribution in [3.8, 4) is 0 Å². The molecule has 0 radical (unpaired) electrons. The van der Waals surface area contributed by atoms with Crippen molar-refractivity contribution in [2.24, 2.45) is 4.99 Å². The van der Waals surface area contributed by atoms with Gasteiger partial charge >= 0.3 is 0 Å². The fourth-order valence-corrected chi connectivity index (χ4v) is 3.66. The van der Waals surface area contributed by atoms with E-state index in [1.54, 1.807) is 12.4 Å². The van der Waals surface area contributed by atoms with Crippen LogP contribution in [0.3, 0.4) is 0 Å². The number of hydrogen-bond acceptors (Lipinski definition) is 5. The zero-order valence-electron chi connectivity index (χ0n) is 15.9. The summed E-state index contributed by atoms with van der Waals surface area (Å²) in [6.45, 7) is 5.42. The number of aliphatic imine (C=N–C) groups is 1. The second-order valence-electron chi connectivity index (χ2n) is 6.98. The van der Waals surface area contributed by atoms with E-state index >= 15 is 0 Å². The number of piperazine rings is 1. The van der Waals surface area contributed by atoms with Gasteiger partial charge in [0.1, 0.15) is 0 Å². The molecule has 1 aromatic heterocycles. The molecule has 1 aliphatic carbocycles. The predicted octanol–water partition coefficient (Wildman–Crippen LogP) is 1.91. The summed E-state index contributed by atoms with van der Waals surface area (Å²) in [5.74, 6) is 1.80. The lowest BCUT2D eigenvalue weighted by Gasteiger charge is -2.36. The zero-order chi connectivity index (χ0) is 18.0. The van der Waals surface area contributed by atoms with Gasteiger partial charge in [-0.2, -0.15) is 0 Å². The molecular formula is C19H32N6O. The maximum Gasteiger partial charge on any atom is 0.225 e. The first kappa shape index (κ1) is 18.9. The summed E-state index contributed by atoms with van der Waals surface area (Å²) in [4.78, 5) is 17.6. The number of ether oxygens (including phenoxy) is 1. The van der Waals surface area contributed by atoms with Crippen LogP contribution in [0.15, 0.2) is 23.5 Å². The molecule has 0 spiro atoms. The Labute approximate surface area is 156 Å². The maximum absolute atomic E-state index is 5.99. The second kappa shape index (κ2) is 10.3. The molecule has 1 aliphatic heterocycles. The zero-order valence-corrected chi connectivity index (χ0v) is 15.9. The molecule has 0 bridgehead atoms. The number of rotatable bonds is 6. The van der Waals surface area contributed by atoms with Gasteiger partial charge in [0.15, 0.2) is 5.96 Å². The van der Waals surface area contributed by atoms with Gasteiger partial charge in [-0.1, -0.05) is 19.3 Å². The van der Waals surface area contributed by atoms with Gasteiger partial charge in [0, 0.05) is 58.8 Å². The van der Waals surface area contributed by atoms with Gasteiger partial charge in [-0.05, 0) is 25.3 Å². The molecule has 2 fully saturated rings. The topological polar surface area (TPSA) is 65.9 Å². The Morgan fingerprint density at radius 2 is 1.88 bits per heavy atom. The van der Waals surface area contributed by atoms with Crippen molar-refractivity contribution in [3.63, 3.8) is 0 Å². The summed E-state index contributed by atoms with van der Waals surface area (Å²) in [6.07, 6.45) is 11.6. The van der Waals surface area contributed by atoms with Gasteiger partial charge in [0.05, 0.1) is 6.10 Å². The third-order valence-corrected chi connectivity index (χ3v) is 5.14. The van der Waals surface area contributed by atoms with Crippen LogP contribution in [-0.4, -0.2) is 73.3 Å². The first-order valence-corrected chi connectivity index (χ1v) is 9.96. The van der Waals surface area contributed by atoms with E-state index in [-0.39, 0.29) is 0 Å². The van der Waals surface area contributed by atoms with Crippen molar-refractivity contribution in [2.75, 3.05) is 51.3 Å². The normalized spacial score (nSPS) is 19.7. The standard InChI is InChI=1S/C19H32N6O/c1-20-18(21-11-6-16-26-17-7-3-2-4-8-17)24-12-14-25(15-13-24)19-22-9-5-10-23-19/h5,9-10,17H,2-4,6-8,11-16H2,1H3,(H,20,21). The van der Waals surface area contributed by atoms with Gasteiger partial charge in [-0.15, -0.1) is 0 Å². The SMILES string of the molecule is CN=C(NCCCOC1CCCCC1)N1CCN(c2ncccn2)CC1. The maximum atomic E-state index is 5.99. The minimum atomic E-state index is 0.497. The van der Waals surface area contributed by atoms with E-state index in [0.717, 1.165) is 57.7 Å². The van der Waals surface area contributed by atoms with Gasteiger partial charge in [0.25, 0.3) is 0 Å². The van der Waals surface area contributed by atoms with Crippen LogP contribution < -0.4 is 10.2 Å². The van der Waals surface area contributed by atoms with E-state index < -0.39 is 0 Å². The minimum absolute atomic E-state index is 0.497. The minimum Gasteiger partial charge on any atom is -0.378 e. The Hall–Kier alpha value is -1.89. The van der Waals surface area contributed by atoms with E-state index in [1.165, 1.54) is 32.1 Å². The average molecular weight is 361 g/mol. The van der Waals surface area contributed by atoms with Crippen LogP contribution in [0.4, 0.5) is 5.95 Å². The fraction of sp³-hybridized carbons (Fsp3) is 0.737. The highest BCUT2D eigenvalue weighted by Crippen LogP contribution is 2.20. The summed E-state index contributed by atoms with van der Waals surface area (Å²) in [5, 5.41) is 3.48. The first-order chi connectivity index (χ1) is 12.9. The lowest BCUT2D eigenvalue weighted by Crippen LogP contribution is -2.53. The number of nitrogens with zero attached hydrogens (tertiary/aromatic N) is 5. The molecule has 7 heteroatoms. The van der Waals surface area contributed by atoms with Crippen molar-refractivity contribution in [3.05, 3.63) is 18.5 Å². The third-order valence-electron chi connectivity index (χ3n) is 5.14. The smallest absolute Gasteiger partial charge is 0.225 e. The molecule has 1 saturated heterocycles. The van der Waals surface area contributed by atoms with Crippen LogP contribution in [0, 0.1) is 0 Å². The lowest BCUT2D eigenvalue weighted by molar-refractivity contribution is 0.0276. The molecule has 0 atom stereocenters. The number of aromatic nitrogens is 2. The second-order valence-corrected chi connectivity index (χ2v) is 6.98. The third kappa shape index (κ3) is 5.56. The van der Waals surface area contributed by atoms with E-state index in [2.05, 4.69) is 30.1 Å². The number of guanidine groups is 1. The summed E-state index contributed by atoms with van der Waals surface area (Å²) in [6, 6.07) is 1.85. The van der Waals surface area contributed by atoms with Gasteiger partial charge in [0.2, 0.25) is 5.95 Å². The van der Waals surface area contributed by atoms with E-state index in [1.807, 2.05) is 13.1 Å². The lowest BCUT2D eigenvalue weighted by atomic mass is 9.98. The fourth-order valence-electron chi connectivity index (χ4n) is 3.66. The molecular weight excluding hydrogens is 328 g/mol. The molecule has 1 aromatic rings. The Bertz CT molecular complexity index is 538. The van der Waals surface area contributed by atoms with E-state index in [4.69, 9.17) is 4.74 Å². The van der Waals surface area contributed by atoms with Crippen LogP contribution >= 0.6 is 0 Å². The molecule has 0 aromatic carbocycles. The van der Waals surface area contributed by atoms with Crippen LogP contribution in [0.25, 0.3) is 0 Å². The van der Waals surface area contributed by atoms with Crippen molar-refractivity contribution in [1.29, 1.82) is 0 Å². The summed E-state index contributed by atoms with van der Waals surface area (Å²) >= 11 is 0. The highest BCUT2D eigenvalue weighted by atomic mass is 16.5. The molecule has 3 rings (SSSR count). The largest absolute Gasteiger partial charge is 0.378 e. The summed E-state index contributed by atoms with van der Waals surface area (Å²) in [7, 11) is 1.85. The Kier molecular flexibility index (Phi) is 7.49. The van der Waals surface area contributed by atoms with Gasteiger partial charge in [-0.3, -0.25) is 4.99 Å². The summed E-state index contributed by atoms with van der Waals surface area (Å²) < 4.78 is 5.99. The van der Waals surface area contributed by atoms with Crippen molar-refractivity contribution >= 4 is 11.9 Å². The average Bonchev–Trinajstić information content (AvgIpc) is 2.72. The molecule has 2 heterocycles. The van der Waals surface area contributed by atoms with Crippen LogP contribution in [-0.2, 0) is 4.74 Å². The summed E-state index contributed by atoms with van der Waals surface area (Å²) in [5.41, 5.74) is 0. The Balaban J connectivity index is 1.33. The molecule has 144 valence electrons. The van der Waals surface area contributed by atoms with Crippen molar-refractivity contribution in [2.45, 2.75) is 44.6 Å². The molecule has 2 aliphatic rings. The van der Waals surface area contributed by atoms with Crippen LogP contribution in [0.5, 0.6) is 0 Å². The molecule has 1 saturated carbocycles. The molecule has 7 nitrogen and oxygen atoms in total. The highest BCUT2D eigenvalue weighted by molar-refractivity contribution is 5.80. The Morgan fingerprint density at radius 3 is 2.58 bits per heavy atom. The first-order valence-electron chi connectivity index (χ1n) is 9.96. The van der Waals surface area contributed by atoms with Gasteiger partial charge < -0.3 is 19.9 Å². The molecule has 0 unspecified atom stereocenters. The highest BCUT2D eigenvalue weighted by Gasteiger charge is 2.21. The molecule has 1 N–H and O–H groups in total. The number of nitrogens with one attached hydrogen (secondary N) is 1.